The molecular weight excluding hydrogens is 677 g/mol. The molecule has 0 aliphatic heterocycles. The predicted octanol–water partition coefficient (Wildman–Crippen LogP) is 13.8. The number of nitrogens with zero attached hydrogens (tertiary/aromatic N) is 2. The second kappa shape index (κ2) is 12.3. The van der Waals surface area contributed by atoms with Crippen LogP contribution in [-0.4, -0.2) is 0 Å². The maximum Gasteiger partial charge on any atom is 0.0505 e. The van der Waals surface area contributed by atoms with E-state index in [2.05, 4.69) is 192 Å². The molecule has 2 nitrogen and oxygen atoms in total. The predicted molar refractivity (Wildman–Crippen MR) is 232 cm³/mol. The molecular formula is C54H42N2. The first-order chi connectivity index (χ1) is 27.8. The standard InChI is InChI=1S/C54H42N2/c1-3-18-44(19-4-1)55(46-28-25-36-13-7-8-14-37(36)34-46)50-23-11-16-39-32-42-26-27-43-33-40-17-12-24-51(53(40)54(42,43)52(39)50)56(45-20-5-2-6-21-45)47-29-30-49-41(35-47)31-38-15-9-10-22-48(38)49/h1-25,28-30,34-35,42-43H,26-27,31-33H2. The molecule has 268 valence electrons. The Morgan fingerprint density at radius 2 is 0.893 bits per heavy atom. The number of hydrogen-bond donors (Lipinski definition) is 0. The van der Waals surface area contributed by atoms with Gasteiger partial charge in [0.2, 0.25) is 0 Å². The zero-order valence-electron chi connectivity index (χ0n) is 31.4. The van der Waals surface area contributed by atoms with Gasteiger partial charge in [0.1, 0.15) is 0 Å². The molecule has 1 saturated carbocycles. The van der Waals surface area contributed by atoms with E-state index in [0.717, 1.165) is 19.3 Å². The lowest BCUT2D eigenvalue weighted by atomic mass is 9.68. The fourth-order valence-electron chi connectivity index (χ4n) is 11.6. The first-order valence-corrected chi connectivity index (χ1v) is 20.4. The third-order valence-electron chi connectivity index (χ3n) is 13.7. The van der Waals surface area contributed by atoms with Crippen LogP contribution in [0.4, 0.5) is 34.1 Å². The molecule has 0 saturated heterocycles. The first-order valence-electron chi connectivity index (χ1n) is 20.4. The number of benzene rings is 8. The van der Waals surface area contributed by atoms with Gasteiger partial charge in [0.15, 0.2) is 0 Å². The largest absolute Gasteiger partial charge is 0.310 e. The van der Waals surface area contributed by atoms with Crippen LogP contribution in [0.15, 0.2) is 182 Å². The minimum Gasteiger partial charge on any atom is -0.310 e. The Labute approximate surface area is 329 Å². The van der Waals surface area contributed by atoms with Crippen LogP contribution in [0.5, 0.6) is 0 Å². The van der Waals surface area contributed by atoms with Gasteiger partial charge in [-0.3, -0.25) is 0 Å². The molecule has 56 heavy (non-hydrogen) atoms. The molecule has 1 spiro atoms. The van der Waals surface area contributed by atoms with Crippen LogP contribution in [-0.2, 0) is 24.7 Å². The van der Waals surface area contributed by atoms with Crippen LogP contribution in [0.25, 0.3) is 21.9 Å². The fourth-order valence-corrected chi connectivity index (χ4v) is 11.6. The summed E-state index contributed by atoms with van der Waals surface area (Å²) in [6, 6.07) is 68.4. The normalized spacial score (nSPS) is 19.5. The van der Waals surface area contributed by atoms with Gasteiger partial charge in [-0.25, -0.2) is 0 Å². The van der Waals surface area contributed by atoms with E-state index in [9.17, 15) is 0 Å². The smallest absolute Gasteiger partial charge is 0.0505 e. The summed E-state index contributed by atoms with van der Waals surface area (Å²) in [6.45, 7) is 0. The number of fused-ring (bicyclic) bond motifs is 6. The summed E-state index contributed by atoms with van der Waals surface area (Å²) in [5.74, 6) is 1.10. The van der Waals surface area contributed by atoms with Crippen molar-refractivity contribution in [2.75, 3.05) is 9.80 Å². The van der Waals surface area contributed by atoms with E-state index in [1.807, 2.05) is 0 Å². The van der Waals surface area contributed by atoms with Crippen molar-refractivity contribution in [1.29, 1.82) is 0 Å². The molecule has 0 bridgehead atoms. The Bertz CT molecular complexity index is 2810. The van der Waals surface area contributed by atoms with Crippen molar-refractivity contribution in [2.45, 2.75) is 37.5 Å². The van der Waals surface area contributed by atoms with Crippen molar-refractivity contribution in [3.63, 3.8) is 0 Å². The number of para-hydroxylation sites is 2. The molecule has 0 heterocycles. The van der Waals surface area contributed by atoms with Crippen molar-refractivity contribution in [3.8, 4) is 11.1 Å². The van der Waals surface area contributed by atoms with Crippen LogP contribution in [0, 0.1) is 11.8 Å². The molecule has 8 aromatic carbocycles. The van der Waals surface area contributed by atoms with Crippen molar-refractivity contribution in [3.05, 3.63) is 215 Å². The van der Waals surface area contributed by atoms with Crippen LogP contribution < -0.4 is 9.80 Å². The van der Waals surface area contributed by atoms with Crippen molar-refractivity contribution < 1.29 is 0 Å². The highest BCUT2D eigenvalue weighted by Crippen LogP contribution is 2.69. The van der Waals surface area contributed by atoms with Crippen LogP contribution >= 0.6 is 0 Å². The molecule has 12 rings (SSSR count). The molecule has 0 amide bonds. The summed E-state index contributed by atoms with van der Waals surface area (Å²) in [5, 5.41) is 2.53. The number of hydrogen-bond acceptors (Lipinski definition) is 2. The lowest BCUT2D eigenvalue weighted by Crippen LogP contribution is -2.34. The number of anilines is 6. The Morgan fingerprint density at radius 1 is 0.375 bits per heavy atom. The molecule has 4 aliphatic carbocycles. The summed E-state index contributed by atoms with van der Waals surface area (Å²) in [4.78, 5) is 5.15. The Balaban J connectivity index is 1.09. The van der Waals surface area contributed by atoms with Gasteiger partial charge in [-0.2, -0.15) is 0 Å². The summed E-state index contributed by atoms with van der Waals surface area (Å²) < 4.78 is 0. The van der Waals surface area contributed by atoms with Gasteiger partial charge in [0, 0.05) is 28.2 Å². The van der Waals surface area contributed by atoms with E-state index >= 15 is 0 Å². The fraction of sp³-hybridized carbons (Fsp3) is 0.148. The summed E-state index contributed by atoms with van der Waals surface area (Å²) in [7, 11) is 0. The van der Waals surface area contributed by atoms with Gasteiger partial charge in [-0.05, 0) is 160 Å². The molecule has 3 unspecified atom stereocenters. The van der Waals surface area contributed by atoms with Gasteiger partial charge in [0.25, 0.3) is 0 Å². The summed E-state index contributed by atoms with van der Waals surface area (Å²) in [5.41, 5.74) is 19.1. The Kier molecular flexibility index (Phi) is 7.02. The maximum atomic E-state index is 2.59. The molecule has 1 fully saturated rings. The van der Waals surface area contributed by atoms with E-state index in [1.54, 1.807) is 11.1 Å². The zero-order valence-corrected chi connectivity index (χ0v) is 31.4. The second-order valence-corrected chi connectivity index (χ2v) is 16.4. The van der Waals surface area contributed by atoms with Crippen molar-refractivity contribution >= 4 is 44.9 Å². The van der Waals surface area contributed by atoms with Crippen molar-refractivity contribution in [2.24, 2.45) is 11.8 Å². The molecule has 3 atom stereocenters. The van der Waals surface area contributed by atoms with Gasteiger partial charge >= 0.3 is 0 Å². The summed E-state index contributed by atoms with van der Waals surface area (Å²) >= 11 is 0. The molecule has 0 N–H and O–H groups in total. The quantitative estimate of drug-likeness (QED) is 0.169. The zero-order chi connectivity index (χ0) is 36.8. The Morgan fingerprint density at radius 3 is 1.55 bits per heavy atom. The van der Waals surface area contributed by atoms with Crippen LogP contribution in [0.3, 0.4) is 0 Å². The highest BCUT2D eigenvalue weighted by Gasteiger charge is 2.62. The van der Waals surface area contributed by atoms with Crippen molar-refractivity contribution in [1.82, 2.24) is 0 Å². The average molecular weight is 719 g/mol. The summed E-state index contributed by atoms with van der Waals surface area (Å²) in [6.07, 6.45) is 5.74. The minimum atomic E-state index is -0.0955. The highest BCUT2D eigenvalue weighted by molar-refractivity contribution is 5.92. The lowest BCUT2D eigenvalue weighted by molar-refractivity contribution is 0.350. The van der Waals surface area contributed by atoms with E-state index < -0.39 is 0 Å². The SMILES string of the molecule is c1ccc(N(c2ccc3c(c2)Cc2ccccc2-3)c2cccc3c2C24c5c(cccc5N(c5ccccc5)c5ccc6ccccc6c5)CC2CCC4C3)cc1. The van der Waals surface area contributed by atoms with Gasteiger partial charge in [-0.15, -0.1) is 0 Å². The average Bonchev–Trinajstić information content (AvgIpc) is 3.98. The third kappa shape index (κ3) is 4.56. The monoisotopic (exact) mass is 718 g/mol. The van der Waals surface area contributed by atoms with Gasteiger partial charge in [-0.1, -0.05) is 121 Å². The first kappa shape index (κ1) is 31.9. The van der Waals surface area contributed by atoms with Gasteiger partial charge in [0.05, 0.1) is 11.4 Å². The maximum absolute atomic E-state index is 2.59. The molecule has 2 heteroatoms. The Hall–Kier alpha value is -6.38. The highest BCUT2D eigenvalue weighted by atomic mass is 15.2. The van der Waals surface area contributed by atoms with E-state index in [-0.39, 0.29) is 5.41 Å². The minimum absolute atomic E-state index is 0.0955. The third-order valence-corrected chi connectivity index (χ3v) is 13.7. The lowest BCUT2D eigenvalue weighted by Gasteiger charge is -2.40. The topological polar surface area (TPSA) is 6.48 Å². The van der Waals surface area contributed by atoms with Gasteiger partial charge < -0.3 is 9.80 Å². The van der Waals surface area contributed by atoms with Crippen LogP contribution in [0.1, 0.15) is 46.2 Å². The van der Waals surface area contributed by atoms with E-state index in [0.29, 0.717) is 11.8 Å². The number of rotatable bonds is 6. The van der Waals surface area contributed by atoms with Crippen LogP contribution in [0.2, 0.25) is 0 Å². The molecule has 0 aromatic heterocycles. The van der Waals surface area contributed by atoms with E-state index in [4.69, 9.17) is 0 Å². The van der Waals surface area contributed by atoms with E-state index in [1.165, 1.54) is 91.1 Å². The molecule has 4 aliphatic rings. The second-order valence-electron chi connectivity index (χ2n) is 16.4. The molecule has 0 radical (unpaired) electrons. The molecule has 8 aromatic rings.